The van der Waals surface area contributed by atoms with Crippen molar-refractivity contribution in [3.05, 3.63) is 36.8 Å². The Hall–Kier alpha value is -2.77. The lowest BCUT2D eigenvalue weighted by Gasteiger charge is -2.11. The molecule has 1 saturated carbocycles. The molecule has 0 spiro atoms. The zero-order valence-electron chi connectivity index (χ0n) is 13.3. The Kier molecular flexibility index (Phi) is 3.94. The van der Waals surface area contributed by atoms with Crippen molar-refractivity contribution >= 4 is 17.1 Å². The number of carbonyl (C=O) groups is 1. The quantitative estimate of drug-likeness (QED) is 0.769. The molecule has 1 aliphatic carbocycles. The number of fused-ring (bicyclic) bond motifs is 1. The van der Waals surface area contributed by atoms with Gasteiger partial charge in [-0.15, -0.1) is 10.2 Å². The van der Waals surface area contributed by atoms with Crippen LogP contribution >= 0.6 is 0 Å². The second-order valence-corrected chi connectivity index (χ2v) is 6.11. The monoisotopic (exact) mass is 325 g/mol. The van der Waals surface area contributed by atoms with E-state index in [9.17, 15) is 4.79 Å². The maximum Gasteiger partial charge on any atom is 0.252 e. The minimum atomic E-state index is -0.145. The van der Waals surface area contributed by atoms with E-state index in [1.807, 2.05) is 17.0 Å². The van der Waals surface area contributed by atoms with E-state index in [-0.39, 0.29) is 5.91 Å². The van der Waals surface area contributed by atoms with Crippen molar-refractivity contribution in [1.82, 2.24) is 34.6 Å². The molecule has 3 aromatic rings. The summed E-state index contributed by atoms with van der Waals surface area (Å²) in [6.45, 7) is 1.14. The van der Waals surface area contributed by atoms with Crippen molar-refractivity contribution < 1.29 is 4.79 Å². The van der Waals surface area contributed by atoms with Crippen LogP contribution in [0.3, 0.4) is 0 Å². The molecule has 4 rings (SSSR count). The largest absolute Gasteiger partial charge is 0.350 e. The molecule has 0 aromatic carbocycles. The van der Waals surface area contributed by atoms with Crippen molar-refractivity contribution in [2.45, 2.75) is 38.3 Å². The van der Waals surface area contributed by atoms with E-state index in [1.54, 1.807) is 18.9 Å². The van der Waals surface area contributed by atoms with E-state index >= 15 is 0 Å². The average molecular weight is 325 g/mol. The Morgan fingerprint density at radius 3 is 2.75 bits per heavy atom. The number of hydrogen-bond donors (Lipinski definition) is 1. The lowest BCUT2D eigenvalue weighted by molar-refractivity contribution is 0.0952. The molecule has 1 N–H and O–H groups in total. The van der Waals surface area contributed by atoms with Gasteiger partial charge in [-0.25, -0.2) is 9.97 Å². The van der Waals surface area contributed by atoms with Gasteiger partial charge >= 0.3 is 0 Å². The van der Waals surface area contributed by atoms with E-state index in [0.717, 1.165) is 11.2 Å². The van der Waals surface area contributed by atoms with E-state index < -0.39 is 0 Å². The lowest BCUT2D eigenvalue weighted by atomic mass is 10.2. The van der Waals surface area contributed by atoms with Crippen LogP contribution in [0.5, 0.6) is 0 Å². The van der Waals surface area contributed by atoms with Crippen LogP contribution in [0, 0.1) is 0 Å². The van der Waals surface area contributed by atoms with Crippen molar-refractivity contribution in [2.75, 3.05) is 6.54 Å². The molecule has 1 fully saturated rings. The predicted octanol–water partition coefficient (Wildman–Crippen LogP) is 1.57. The highest BCUT2D eigenvalue weighted by molar-refractivity contribution is 5.96. The average Bonchev–Trinajstić information content (AvgIpc) is 3.34. The lowest BCUT2D eigenvalue weighted by Crippen LogP contribution is -2.27. The van der Waals surface area contributed by atoms with Crippen LogP contribution < -0.4 is 5.32 Å². The first-order valence-electron chi connectivity index (χ1n) is 8.24. The van der Waals surface area contributed by atoms with Gasteiger partial charge in [0.05, 0.1) is 11.9 Å². The molecule has 0 bridgehead atoms. The SMILES string of the molecule is O=C(NCCn1cnnc1)c1cnc2c(c1)ncn2C1CCCC1. The number of aromatic nitrogens is 6. The molecular formula is C16H19N7O. The second-order valence-electron chi connectivity index (χ2n) is 6.11. The van der Waals surface area contributed by atoms with E-state index in [1.165, 1.54) is 25.7 Å². The summed E-state index contributed by atoms with van der Waals surface area (Å²) in [6, 6.07) is 2.30. The van der Waals surface area contributed by atoms with Crippen LogP contribution in [-0.2, 0) is 6.54 Å². The van der Waals surface area contributed by atoms with Crippen molar-refractivity contribution in [3.8, 4) is 0 Å². The molecular weight excluding hydrogens is 306 g/mol. The van der Waals surface area contributed by atoms with Crippen molar-refractivity contribution in [2.24, 2.45) is 0 Å². The van der Waals surface area contributed by atoms with Crippen LogP contribution in [0.1, 0.15) is 42.1 Å². The third-order valence-corrected chi connectivity index (χ3v) is 4.52. The third-order valence-electron chi connectivity index (χ3n) is 4.52. The number of pyridine rings is 1. The fourth-order valence-electron chi connectivity index (χ4n) is 3.23. The van der Waals surface area contributed by atoms with Gasteiger partial charge in [-0.3, -0.25) is 4.79 Å². The molecule has 124 valence electrons. The highest BCUT2D eigenvalue weighted by atomic mass is 16.1. The Morgan fingerprint density at radius 2 is 1.96 bits per heavy atom. The molecule has 24 heavy (non-hydrogen) atoms. The maximum atomic E-state index is 12.3. The van der Waals surface area contributed by atoms with E-state index in [2.05, 4.69) is 30.0 Å². The van der Waals surface area contributed by atoms with Gasteiger partial charge < -0.3 is 14.5 Å². The van der Waals surface area contributed by atoms with Crippen LogP contribution in [0.15, 0.2) is 31.2 Å². The Bertz CT molecular complexity index is 833. The summed E-state index contributed by atoms with van der Waals surface area (Å²) in [4.78, 5) is 21.2. The molecule has 8 heteroatoms. The second kappa shape index (κ2) is 6.38. The summed E-state index contributed by atoms with van der Waals surface area (Å²) in [5, 5.41) is 10.3. The summed E-state index contributed by atoms with van der Waals surface area (Å²) in [6.07, 6.45) is 11.6. The molecule has 3 heterocycles. The number of nitrogens with one attached hydrogen (secondary N) is 1. The van der Waals surface area contributed by atoms with E-state index in [0.29, 0.717) is 24.7 Å². The van der Waals surface area contributed by atoms with Crippen LogP contribution in [0.4, 0.5) is 0 Å². The highest BCUT2D eigenvalue weighted by Crippen LogP contribution is 2.31. The summed E-state index contributed by atoms with van der Waals surface area (Å²) in [5.41, 5.74) is 2.17. The first-order chi connectivity index (χ1) is 11.8. The van der Waals surface area contributed by atoms with Gasteiger partial charge in [0.2, 0.25) is 0 Å². The van der Waals surface area contributed by atoms with Gasteiger partial charge in [0.25, 0.3) is 5.91 Å². The van der Waals surface area contributed by atoms with Gasteiger partial charge in [-0.1, -0.05) is 12.8 Å². The Labute approximate surface area is 138 Å². The van der Waals surface area contributed by atoms with Gasteiger partial charge in [0, 0.05) is 25.3 Å². The number of hydrogen-bond acceptors (Lipinski definition) is 5. The van der Waals surface area contributed by atoms with Gasteiger partial charge in [0.15, 0.2) is 5.65 Å². The fourth-order valence-corrected chi connectivity index (χ4v) is 3.23. The Balaban J connectivity index is 1.45. The van der Waals surface area contributed by atoms with Gasteiger partial charge in [-0.2, -0.15) is 0 Å². The molecule has 1 amide bonds. The Morgan fingerprint density at radius 1 is 1.17 bits per heavy atom. The van der Waals surface area contributed by atoms with Crippen LogP contribution in [0.25, 0.3) is 11.2 Å². The minimum Gasteiger partial charge on any atom is -0.350 e. The summed E-state index contributed by atoms with van der Waals surface area (Å²) in [7, 11) is 0. The molecule has 1 aliphatic rings. The summed E-state index contributed by atoms with van der Waals surface area (Å²) >= 11 is 0. The molecule has 0 unspecified atom stereocenters. The first-order valence-corrected chi connectivity index (χ1v) is 8.24. The first kappa shape index (κ1) is 14.8. The zero-order valence-corrected chi connectivity index (χ0v) is 13.3. The van der Waals surface area contributed by atoms with Crippen LogP contribution in [0.2, 0.25) is 0 Å². The van der Waals surface area contributed by atoms with Crippen molar-refractivity contribution in [1.29, 1.82) is 0 Å². The normalized spacial score (nSPS) is 15.2. The van der Waals surface area contributed by atoms with Gasteiger partial charge in [0.1, 0.15) is 18.2 Å². The standard InChI is InChI=1S/C16H19N7O/c24-16(17-5-6-22-10-20-21-11-22)12-7-14-15(18-8-12)23(9-19-14)13-3-1-2-4-13/h7-11,13H,1-6H2,(H,17,24). The third kappa shape index (κ3) is 2.86. The highest BCUT2D eigenvalue weighted by Gasteiger charge is 2.20. The number of imidazole rings is 1. The molecule has 8 nitrogen and oxygen atoms in total. The topological polar surface area (TPSA) is 90.5 Å². The number of nitrogens with zero attached hydrogens (tertiary/aromatic N) is 6. The number of carbonyl (C=O) groups excluding carboxylic acids is 1. The van der Waals surface area contributed by atoms with E-state index in [4.69, 9.17) is 0 Å². The summed E-state index contributed by atoms with van der Waals surface area (Å²) in [5.74, 6) is -0.145. The molecule has 0 atom stereocenters. The number of rotatable bonds is 5. The van der Waals surface area contributed by atoms with Gasteiger partial charge in [-0.05, 0) is 18.9 Å². The molecule has 0 saturated heterocycles. The van der Waals surface area contributed by atoms with Crippen molar-refractivity contribution in [3.63, 3.8) is 0 Å². The predicted molar refractivity (Wildman–Crippen MR) is 87.4 cm³/mol. The number of amides is 1. The molecule has 0 aliphatic heterocycles. The summed E-state index contributed by atoms with van der Waals surface area (Å²) < 4.78 is 3.96. The minimum absolute atomic E-state index is 0.145. The molecule has 0 radical (unpaired) electrons. The maximum absolute atomic E-state index is 12.3. The molecule has 3 aromatic heterocycles. The van der Waals surface area contributed by atoms with Crippen LogP contribution in [-0.4, -0.2) is 41.8 Å². The smallest absolute Gasteiger partial charge is 0.252 e. The fraction of sp³-hybridized carbons (Fsp3) is 0.438. The zero-order chi connectivity index (χ0) is 16.4.